The third kappa shape index (κ3) is 3.05. The highest BCUT2D eigenvalue weighted by Gasteiger charge is 2.37. The highest BCUT2D eigenvalue weighted by molar-refractivity contribution is 5.26. The molecular weight excluding hydrogens is 230 g/mol. The van der Waals surface area contributed by atoms with Gasteiger partial charge in [0.2, 0.25) is 0 Å². The molecule has 1 unspecified atom stereocenters. The lowest BCUT2D eigenvalue weighted by molar-refractivity contribution is 0.543. The second-order valence-electron chi connectivity index (χ2n) is 5.55. The molecule has 1 fully saturated rings. The van der Waals surface area contributed by atoms with E-state index < -0.39 is 0 Å². The maximum atomic E-state index is 3.66. The minimum atomic E-state index is 0.443. The first-order valence-electron chi connectivity index (χ1n) is 7.18. The van der Waals surface area contributed by atoms with Gasteiger partial charge < -0.3 is 5.32 Å². The lowest BCUT2D eigenvalue weighted by atomic mass is 10.1. The Labute approximate surface area is 115 Å². The summed E-state index contributed by atoms with van der Waals surface area (Å²) in [5.74, 6) is 1.59. The molecule has 19 heavy (non-hydrogen) atoms. The average Bonchev–Trinajstić information content (AvgIpc) is 3.26. The van der Waals surface area contributed by atoms with E-state index in [9.17, 15) is 0 Å². The molecule has 0 saturated heterocycles. The van der Waals surface area contributed by atoms with Crippen molar-refractivity contribution >= 4 is 0 Å². The van der Waals surface area contributed by atoms with Crippen LogP contribution in [0.15, 0.2) is 60.7 Å². The summed E-state index contributed by atoms with van der Waals surface area (Å²) in [7, 11) is 0. The second kappa shape index (κ2) is 5.58. The maximum absolute atomic E-state index is 3.66. The van der Waals surface area contributed by atoms with Crippen LogP contribution < -0.4 is 5.32 Å². The van der Waals surface area contributed by atoms with E-state index in [1.807, 2.05) is 0 Å². The summed E-state index contributed by atoms with van der Waals surface area (Å²) >= 11 is 0. The Balaban J connectivity index is 1.50. The molecule has 0 heterocycles. The third-order valence-corrected chi connectivity index (χ3v) is 4.14. The predicted octanol–water partition coefficient (Wildman–Crippen LogP) is 4.14. The molecule has 0 amide bonds. The van der Waals surface area contributed by atoms with Gasteiger partial charge in [0.15, 0.2) is 0 Å². The van der Waals surface area contributed by atoms with Crippen LogP contribution in [0.2, 0.25) is 0 Å². The van der Waals surface area contributed by atoms with Crippen molar-refractivity contribution in [1.82, 2.24) is 5.32 Å². The Morgan fingerprint density at radius 2 is 1.63 bits per heavy atom. The number of hydrogen-bond acceptors (Lipinski definition) is 1. The smallest absolute Gasteiger partial charge is 0.0291 e. The average molecular weight is 251 g/mol. The SMILES string of the molecule is CC(NC[C@@H]1C[C@H]1c1ccccc1)c1ccccc1. The molecule has 98 valence electrons. The van der Waals surface area contributed by atoms with E-state index in [1.165, 1.54) is 17.5 Å². The fraction of sp³-hybridized carbons (Fsp3) is 0.333. The summed E-state index contributed by atoms with van der Waals surface area (Å²) in [6, 6.07) is 22.0. The van der Waals surface area contributed by atoms with Crippen molar-refractivity contribution in [2.24, 2.45) is 5.92 Å². The number of benzene rings is 2. The van der Waals surface area contributed by atoms with E-state index in [1.54, 1.807) is 0 Å². The van der Waals surface area contributed by atoms with Crippen molar-refractivity contribution in [3.05, 3.63) is 71.8 Å². The minimum absolute atomic E-state index is 0.443. The molecular formula is C18H21N. The summed E-state index contributed by atoms with van der Waals surface area (Å²) in [6.07, 6.45) is 1.33. The van der Waals surface area contributed by atoms with Crippen molar-refractivity contribution < 1.29 is 0 Å². The quantitative estimate of drug-likeness (QED) is 0.842. The Morgan fingerprint density at radius 1 is 1.00 bits per heavy atom. The van der Waals surface area contributed by atoms with Crippen molar-refractivity contribution in [2.45, 2.75) is 25.3 Å². The van der Waals surface area contributed by atoms with E-state index in [0.29, 0.717) is 6.04 Å². The van der Waals surface area contributed by atoms with Gasteiger partial charge in [-0.1, -0.05) is 60.7 Å². The van der Waals surface area contributed by atoms with E-state index in [4.69, 9.17) is 0 Å². The summed E-state index contributed by atoms with van der Waals surface area (Å²) in [4.78, 5) is 0. The van der Waals surface area contributed by atoms with E-state index in [-0.39, 0.29) is 0 Å². The van der Waals surface area contributed by atoms with Crippen LogP contribution >= 0.6 is 0 Å². The van der Waals surface area contributed by atoms with Gasteiger partial charge in [-0.2, -0.15) is 0 Å². The molecule has 2 aromatic carbocycles. The molecule has 0 radical (unpaired) electrons. The van der Waals surface area contributed by atoms with Crippen LogP contribution in [-0.2, 0) is 0 Å². The van der Waals surface area contributed by atoms with Crippen LogP contribution in [0, 0.1) is 5.92 Å². The molecule has 1 nitrogen and oxygen atoms in total. The van der Waals surface area contributed by atoms with Gasteiger partial charge in [-0.25, -0.2) is 0 Å². The summed E-state index contributed by atoms with van der Waals surface area (Å²) in [6.45, 7) is 3.37. The Hall–Kier alpha value is -1.60. The monoisotopic (exact) mass is 251 g/mol. The number of rotatable bonds is 5. The van der Waals surface area contributed by atoms with Gasteiger partial charge in [-0.3, -0.25) is 0 Å². The van der Waals surface area contributed by atoms with E-state index in [2.05, 4.69) is 72.9 Å². The first-order chi connectivity index (χ1) is 9.34. The molecule has 0 spiro atoms. The first-order valence-corrected chi connectivity index (χ1v) is 7.18. The Bertz CT molecular complexity index is 506. The molecule has 3 rings (SSSR count). The van der Waals surface area contributed by atoms with Crippen LogP contribution in [-0.4, -0.2) is 6.54 Å². The van der Waals surface area contributed by atoms with Gasteiger partial charge in [0.05, 0.1) is 0 Å². The van der Waals surface area contributed by atoms with Gasteiger partial charge >= 0.3 is 0 Å². The largest absolute Gasteiger partial charge is 0.310 e. The molecule has 1 N–H and O–H groups in total. The van der Waals surface area contributed by atoms with Crippen molar-refractivity contribution in [2.75, 3.05) is 6.54 Å². The fourth-order valence-electron chi connectivity index (χ4n) is 2.77. The molecule has 2 aromatic rings. The van der Waals surface area contributed by atoms with E-state index >= 15 is 0 Å². The van der Waals surface area contributed by atoms with Gasteiger partial charge in [0.25, 0.3) is 0 Å². The third-order valence-electron chi connectivity index (χ3n) is 4.14. The summed E-state index contributed by atoms with van der Waals surface area (Å²) in [5, 5.41) is 3.66. The lowest BCUT2D eigenvalue weighted by Crippen LogP contribution is -2.21. The molecule has 1 saturated carbocycles. The van der Waals surface area contributed by atoms with Crippen LogP contribution in [0.3, 0.4) is 0 Å². The van der Waals surface area contributed by atoms with E-state index in [0.717, 1.165) is 18.4 Å². The van der Waals surface area contributed by atoms with Crippen LogP contribution in [0.1, 0.15) is 36.4 Å². The molecule has 1 heteroatoms. The zero-order chi connectivity index (χ0) is 13.1. The highest BCUT2D eigenvalue weighted by atomic mass is 14.9. The summed E-state index contributed by atoms with van der Waals surface area (Å²) in [5.41, 5.74) is 2.88. The molecule has 1 aliphatic carbocycles. The molecule has 0 bridgehead atoms. The van der Waals surface area contributed by atoms with Crippen LogP contribution in [0.5, 0.6) is 0 Å². The topological polar surface area (TPSA) is 12.0 Å². The summed E-state index contributed by atoms with van der Waals surface area (Å²) < 4.78 is 0. The normalized spacial score (nSPS) is 23.0. The Morgan fingerprint density at radius 3 is 2.32 bits per heavy atom. The molecule has 0 aromatic heterocycles. The van der Waals surface area contributed by atoms with Crippen molar-refractivity contribution in [1.29, 1.82) is 0 Å². The second-order valence-corrected chi connectivity index (χ2v) is 5.55. The van der Waals surface area contributed by atoms with Crippen LogP contribution in [0.25, 0.3) is 0 Å². The predicted molar refractivity (Wildman–Crippen MR) is 80.1 cm³/mol. The number of nitrogens with one attached hydrogen (secondary N) is 1. The van der Waals surface area contributed by atoms with Crippen LogP contribution in [0.4, 0.5) is 0 Å². The van der Waals surface area contributed by atoms with Crippen molar-refractivity contribution in [3.63, 3.8) is 0 Å². The molecule has 0 aliphatic heterocycles. The zero-order valence-electron chi connectivity index (χ0n) is 11.4. The zero-order valence-corrected chi connectivity index (χ0v) is 11.4. The Kier molecular flexibility index (Phi) is 3.65. The highest BCUT2D eigenvalue weighted by Crippen LogP contribution is 2.46. The fourth-order valence-corrected chi connectivity index (χ4v) is 2.77. The van der Waals surface area contributed by atoms with Gasteiger partial charge in [0, 0.05) is 6.04 Å². The standard InChI is InChI=1S/C18H21N/c1-14(15-8-4-2-5-9-15)19-13-17-12-18(17)16-10-6-3-7-11-16/h2-11,14,17-19H,12-13H2,1H3/t14?,17-,18-/m0/s1. The maximum Gasteiger partial charge on any atom is 0.0291 e. The lowest BCUT2D eigenvalue weighted by Gasteiger charge is -2.14. The number of hydrogen-bond donors (Lipinski definition) is 1. The first kappa shape index (κ1) is 12.4. The molecule has 3 atom stereocenters. The molecule has 1 aliphatic rings. The van der Waals surface area contributed by atoms with Gasteiger partial charge in [0.1, 0.15) is 0 Å². The van der Waals surface area contributed by atoms with Gasteiger partial charge in [-0.05, 0) is 42.9 Å². The van der Waals surface area contributed by atoms with Crippen molar-refractivity contribution in [3.8, 4) is 0 Å². The minimum Gasteiger partial charge on any atom is -0.310 e. The van der Waals surface area contributed by atoms with Gasteiger partial charge in [-0.15, -0.1) is 0 Å².